The minimum atomic E-state index is -1.35. The number of rotatable bonds is 15. The number of aryl methyl sites for hydroxylation is 1. The normalized spacial score (nSPS) is 16.7. The van der Waals surface area contributed by atoms with E-state index in [0.717, 1.165) is 28.0 Å². The van der Waals surface area contributed by atoms with Gasteiger partial charge in [-0.05, 0) is 40.2 Å². The summed E-state index contributed by atoms with van der Waals surface area (Å²) >= 11 is 8.77. The molecule has 1 saturated heterocycles. The molecule has 304 valence electrons. The second kappa shape index (κ2) is 19.2. The van der Waals surface area contributed by atoms with Gasteiger partial charge in [-0.2, -0.15) is 4.98 Å². The molecule has 0 spiro atoms. The van der Waals surface area contributed by atoms with E-state index < -0.39 is 76.1 Å². The fourth-order valence-electron chi connectivity index (χ4n) is 4.09. The van der Waals surface area contributed by atoms with Gasteiger partial charge in [0.15, 0.2) is 16.0 Å². The monoisotopic (exact) mass is 860 g/mol. The number of carbonyl (C=O) groups excluding carboxylic acids is 5. The van der Waals surface area contributed by atoms with Crippen LogP contribution in [0.3, 0.4) is 0 Å². The number of amides is 3. The van der Waals surface area contributed by atoms with E-state index in [0.29, 0.717) is 11.9 Å². The highest BCUT2D eigenvalue weighted by atomic mass is 35.5. The first kappa shape index (κ1) is 45.3. The molecule has 4 N–H and O–H groups in total. The minimum absolute atomic E-state index is 0.0462. The molecule has 2 aromatic rings. The molecule has 4 rings (SSSR count). The number of β-lactam (4-membered cyclic amide) rings is 1. The summed E-state index contributed by atoms with van der Waals surface area (Å²) in [6.07, 6.45) is 0.412. The molecule has 1 fully saturated rings. The number of hydrogen-bond donors (Lipinski definition) is 4. The van der Waals surface area contributed by atoms with Crippen LogP contribution in [0.4, 0.5) is 5.13 Å². The van der Waals surface area contributed by atoms with Crippen LogP contribution in [0.1, 0.15) is 40.3 Å². The summed E-state index contributed by atoms with van der Waals surface area (Å²) < 4.78 is 11.4. The Hall–Kier alpha value is -5.07. The van der Waals surface area contributed by atoms with Crippen molar-refractivity contribution in [1.29, 1.82) is 0 Å². The second-order valence-corrected chi connectivity index (χ2v) is 16.1. The quantitative estimate of drug-likeness (QED) is 0.0223. The Kier molecular flexibility index (Phi) is 15.5. The van der Waals surface area contributed by atoms with Gasteiger partial charge in [0.1, 0.15) is 47.5 Å². The van der Waals surface area contributed by atoms with Crippen LogP contribution in [-0.2, 0) is 50.2 Å². The van der Waals surface area contributed by atoms with Crippen LogP contribution < -0.4 is 20.9 Å². The lowest BCUT2D eigenvalue weighted by Gasteiger charge is -2.49. The molecule has 21 nitrogen and oxygen atoms in total. The Morgan fingerprint density at radius 2 is 1.82 bits per heavy atom. The predicted octanol–water partition coefficient (Wildman–Crippen LogP) is 0.912. The zero-order chi connectivity index (χ0) is 42.1. The van der Waals surface area contributed by atoms with Gasteiger partial charge in [0.05, 0.1) is 5.41 Å². The molecule has 2 atom stereocenters. The highest BCUT2D eigenvalue weighted by molar-refractivity contribution is 8.01. The average Bonchev–Trinajstić information content (AvgIpc) is 3.60. The van der Waals surface area contributed by atoms with Gasteiger partial charge in [-0.3, -0.25) is 33.7 Å². The Labute approximate surface area is 335 Å². The zero-order valence-corrected chi connectivity index (χ0v) is 34.0. The van der Waals surface area contributed by atoms with Gasteiger partial charge in [0, 0.05) is 23.9 Å². The van der Waals surface area contributed by atoms with Crippen molar-refractivity contribution in [3.05, 3.63) is 32.7 Å². The Morgan fingerprint density at radius 3 is 2.38 bits per heavy atom. The third kappa shape index (κ3) is 11.3. The molecule has 0 radical (unpaired) electrons. The van der Waals surface area contributed by atoms with E-state index in [1.807, 2.05) is 0 Å². The van der Waals surface area contributed by atoms with Crippen LogP contribution in [0.25, 0.3) is 0 Å². The number of carboxylic acids is 2. The van der Waals surface area contributed by atoms with E-state index in [1.54, 1.807) is 20.8 Å². The number of thioether (sulfide) groups is 2. The second-order valence-electron chi connectivity index (χ2n) is 13.0. The van der Waals surface area contributed by atoms with E-state index >= 15 is 0 Å². The summed E-state index contributed by atoms with van der Waals surface area (Å²) in [4.78, 5) is 108. The lowest BCUT2D eigenvalue weighted by molar-refractivity contribution is -0.160. The number of oxime groups is 1. The molecule has 2 aliphatic rings. The Bertz CT molecular complexity index is 2010. The maximum atomic E-state index is 13.2. The molecule has 0 aliphatic carbocycles. The maximum absolute atomic E-state index is 13.2. The molecule has 0 aromatic carbocycles. The Morgan fingerprint density at radius 1 is 1.14 bits per heavy atom. The topological polar surface area (TPSA) is 288 Å². The van der Waals surface area contributed by atoms with Gasteiger partial charge >= 0.3 is 29.3 Å². The van der Waals surface area contributed by atoms with Gasteiger partial charge in [0.25, 0.3) is 11.8 Å². The van der Waals surface area contributed by atoms with Crippen LogP contribution in [0.5, 0.6) is 5.88 Å². The fraction of sp³-hybridized carbons (Fsp3) is 0.484. The van der Waals surface area contributed by atoms with Crippen molar-refractivity contribution in [3.63, 3.8) is 0 Å². The van der Waals surface area contributed by atoms with Crippen LogP contribution in [0.2, 0.25) is 0 Å². The molecule has 2 aromatic heterocycles. The predicted molar refractivity (Wildman–Crippen MR) is 201 cm³/mol. The van der Waals surface area contributed by atoms with Gasteiger partial charge < -0.3 is 40.0 Å². The largest absolute Gasteiger partial charge is 0.481 e. The van der Waals surface area contributed by atoms with E-state index in [9.17, 15) is 43.5 Å². The summed E-state index contributed by atoms with van der Waals surface area (Å²) in [5, 5.41) is 32.0. The van der Waals surface area contributed by atoms with Crippen LogP contribution in [0.15, 0.2) is 31.8 Å². The van der Waals surface area contributed by atoms with Crippen molar-refractivity contribution in [2.24, 2.45) is 23.0 Å². The number of hydrogen-bond acceptors (Lipinski definition) is 18. The number of anilines is 1. The molecule has 0 unspecified atom stereocenters. The number of nitrogens with zero attached hydrogens (tertiary/aromatic N) is 6. The highest BCUT2D eigenvalue weighted by Crippen LogP contribution is 2.41. The minimum Gasteiger partial charge on any atom is -0.481 e. The molecular weight excluding hydrogens is 824 g/mol. The van der Waals surface area contributed by atoms with E-state index in [-0.39, 0.29) is 44.8 Å². The number of nitrogens with one attached hydrogen (secondary N) is 2. The maximum Gasteiger partial charge on any atom is 0.352 e. The lowest BCUT2D eigenvalue weighted by atomic mass is 9.97. The number of aldehydes is 1. The lowest BCUT2D eigenvalue weighted by Crippen LogP contribution is -2.71. The highest BCUT2D eigenvalue weighted by Gasteiger charge is 2.54. The van der Waals surface area contributed by atoms with Crippen molar-refractivity contribution in [2.75, 3.05) is 36.6 Å². The summed E-state index contributed by atoms with van der Waals surface area (Å²) in [5.41, 5.74) is -2.88. The smallest absolute Gasteiger partial charge is 0.352 e. The number of aliphatic carboxylic acids is 2. The first-order valence-corrected chi connectivity index (χ1v) is 19.3. The first-order valence-electron chi connectivity index (χ1n) is 15.9. The summed E-state index contributed by atoms with van der Waals surface area (Å²) in [5.74, 6) is -5.40. The number of fused-ring (bicyclic) bond motifs is 1. The van der Waals surface area contributed by atoms with Crippen molar-refractivity contribution in [2.45, 2.75) is 51.2 Å². The van der Waals surface area contributed by atoms with E-state index in [2.05, 4.69) is 30.9 Å². The van der Waals surface area contributed by atoms with Gasteiger partial charge in [-0.15, -0.1) is 39.8 Å². The summed E-state index contributed by atoms with van der Waals surface area (Å²) in [6, 6.07) is -1.08. The Balaban J connectivity index is 0.000000946. The van der Waals surface area contributed by atoms with Crippen molar-refractivity contribution >= 4 is 99.2 Å². The van der Waals surface area contributed by atoms with Gasteiger partial charge in [-0.25, -0.2) is 14.5 Å². The fourth-order valence-corrected chi connectivity index (χ4v) is 7.27. The zero-order valence-electron chi connectivity index (χ0n) is 30.8. The molecule has 0 saturated carbocycles. The number of halogens is 1. The average molecular weight is 861 g/mol. The van der Waals surface area contributed by atoms with Crippen LogP contribution in [-0.4, -0.2) is 125 Å². The van der Waals surface area contributed by atoms with Crippen molar-refractivity contribution in [3.8, 4) is 5.88 Å². The first-order chi connectivity index (χ1) is 26.2. The van der Waals surface area contributed by atoms with Crippen LogP contribution in [0, 0.1) is 10.8 Å². The number of carboxylic acid groups (broad SMARTS) is 2. The SMILES string of the molecule is CC(C)(C=O)C(=O)O.CO/N=C(\C(=O)N[C@@H]1C(=O)N2C(C(=O)O)=C(CSc3nc(=O)c(OCOC(=O)C(C)(C)C)nn3C)CS[C@H]12)c1csc(NC(=O)CCl)n1. The molecule has 2 aliphatic heterocycles. The third-order valence-corrected chi connectivity index (χ3v) is 10.6. The molecule has 25 heteroatoms. The summed E-state index contributed by atoms with van der Waals surface area (Å²) in [7, 11) is 2.71. The molecule has 4 heterocycles. The number of carbonyl (C=O) groups is 7. The summed E-state index contributed by atoms with van der Waals surface area (Å²) in [6.45, 7) is 7.15. The van der Waals surface area contributed by atoms with E-state index in [1.165, 1.54) is 49.8 Å². The number of ether oxygens (including phenoxy) is 2. The number of alkyl halides is 1. The molecule has 0 bridgehead atoms. The molecule has 56 heavy (non-hydrogen) atoms. The number of thiazole rings is 1. The number of aromatic nitrogens is 4. The van der Waals surface area contributed by atoms with Crippen molar-refractivity contribution < 1.29 is 58.1 Å². The third-order valence-electron chi connectivity index (χ3n) is 7.17. The standard InChI is InChI=1S/C26H29ClN8O10S3.C5H8O3/c1-26(2,3)23(42)45-10-44-19-18(38)31-25(34(4)32-19)48-8-11-7-46-21-15(20(39)35(21)16(11)22(40)41)30-17(37)14(33-43-5)12-9-47-24(28-12)29-13(36)6-27;1-5(2,3-6)4(7)8/h9,15,21H,6-8,10H2,1-5H3,(H,30,37)(H,40,41)(H,28,29,36);3H,1-2H3,(H,7,8)/b33-14-;/t15-,21-;/m1./s1. The van der Waals surface area contributed by atoms with Crippen molar-refractivity contribution in [1.82, 2.24) is 30.0 Å². The molecular formula is C31H37ClN8O13S3. The van der Waals surface area contributed by atoms with Gasteiger partial charge in [0.2, 0.25) is 12.7 Å². The van der Waals surface area contributed by atoms with Gasteiger partial charge in [-0.1, -0.05) is 16.9 Å². The van der Waals surface area contributed by atoms with Crippen LogP contribution >= 0.6 is 46.5 Å². The van der Waals surface area contributed by atoms with E-state index in [4.69, 9.17) is 31.0 Å². The number of esters is 1. The molecule has 3 amide bonds.